The number of aryl methyl sites for hydroxylation is 1. The Morgan fingerprint density at radius 3 is 2.67 bits per heavy atom. The maximum Gasteiger partial charge on any atom is 0.352 e. The van der Waals surface area contributed by atoms with Crippen LogP contribution in [0, 0.1) is 12.7 Å². The minimum Gasteiger partial charge on any atom is -0.376 e. The number of hydrogen-bond acceptors (Lipinski definition) is 5. The third-order valence-electron chi connectivity index (χ3n) is 5.44. The van der Waals surface area contributed by atoms with E-state index in [-0.39, 0.29) is 19.2 Å². The minimum absolute atomic E-state index is 0.128. The third-order valence-corrected chi connectivity index (χ3v) is 5.85. The monoisotopic (exact) mass is 472 g/mol. The Balaban J connectivity index is 1.78. The van der Waals surface area contributed by atoms with Crippen molar-refractivity contribution in [3.8, 4) is 5.69 Å². The van der Waals surface area contributed by atoms with Crippen LogP contribution in [0.25, 0.3) is 5.69 Å². The van der Waals surface area contributed by atoms with E-state index in [1.54, 1.807) is 12.1 Å². The van der Waals surface area contributed by atoms with Gasteiger partial charge in [-0.25, -0.2) is 9.18 Å². The van der Waals surface area contributed by atoms with E-state index in [2.05, 4.69) is 10.4 Å². The summed E-state index contributed by atoms with van der Waals surface area (Å²) < 4.78 is 20.7. The van der Waals surface area contributed by atoms with Gasteiger partial charge >= 0.3 is 5.69 Å². The van der Waals surface area contributed by atoms with Gasteiger partial charge in [0.05, 0.1) is 18.3 Å². The zero-order chi connectivity index (χ0) is 23.5. The quantitative estimate of drug-likeness (QED) is 0.594. The van der Waals surface area contributed by atoms with Crippen LogP contribution in [0.2, 0.25) is 5.02 Å². The van der Waals surface area contributed by atoms with Gasteiger partial charge in [-0.05, 0) is 55.2 Å². The SMILES string of the molecule is Cc1ccc(-n2nc(C(=O)NC[C@H]3CCCO3)c(=O)n(Cc3ccc(F)cc3)c2=O)cc1Cl. The van der Waals surface area contributed by atoms with E-state index in [1.807, 2.05) is 6.92 Å². The van der Waals surface area contributed by atoms with Crippen LogP contribution in [0.3, 0.4) is 0 Å². The van der Waals surface area contributed by atoms with Crippen molar-refractivity contribution in [3.63, 3.8) is 0 Å². The molecule has 1 aliphatic heterocycles. The van der Waals surface area contributed by atoms with E-state index < -0.39 is 28.7 Å². The molecule has 1 atom stereocenters. The maximum absolute atomic E-state index is 13.3. The van der Waals surface area contributed by atoms with E-state index in [0.29, 0.717) is 22.9 Å². The Kier molecular flexibility index (Phi) is 6.71. The number of nitrogens with zero attached hydrogens (tertiary/aromatic N) is 3. The largest absolute Gasteiger partial charge is 0.376 e. The van der Waals surface area contributed by atoms with Crippen molar-refractivity contribution in [2.45, 2.75) is 32.4 Å². The highest BCUT2D eigenvalue weighted by Gasteiger charge is 2.23. The van der Waals surface area contributed by atoms with Gasteiger partial charge < -0.3 is 10.1 Å². The van der Waals surface area contributed by atoms with Crippen molar-refractivity contribution in [3.05, 3.63) is 91.0 Å². The van der Waals surface area contributed by atoms with Crippen molar-refractivity contribution in [1.82, 2.24) is 19.7 Å². The molecule has 1 amide bonds. The van der Waals surface area contributed by atoms with Crippen molar-refractivity contribution in [2.24, 2.45) is 0 Å². The van der Waals surface area contributed by atoms with Crippen LogP contribution >= 0.6 is 11.6 Å². The first-order valence-electron chi connectivity index (χ1n) is 10.5. The zero-order valence-electron chi connectivity index (χ0n) is 17.9. The molecule has 0 unspecified atom stereocenters. The zero-order valence-corrected chi connectivity index (χ0v) is 18.6. The number of amides is 1. The standard InChI is InChI=1S/C23H22ClFN4O4/c1-14-4-9-17(11-19(14)24)29-23(32)28(13-15-5-7-16(25)8-6-15)22(31)20(27-29)21(30)26-12-18-3-2-10-33-18/h4-9,11,18H,2-3,10,12-13H2,1H3,(H,26,30)/t18-/m1/s1. The number of aromatic nitrogens is 3. The van der Waals surface area contributed by atoms with Crippen molar-refractivity contribution < 1.29 is 13.9 Å². The van der Waals surface area contributed by atoms with Gasteiger partial charge in [0.15, 0.2) is 0 Å². The molecule has 2 aromatic carbocycles. The Hall–Kier alpha value is -3.30. The van der Waals surface area contributed by atoms with Crippen LogP contribution in [-0.4, -0.2) is 39.5 Å². The molecule has 172 valence electrons. The third kappa shape index (κ3) is 5.04. The summed E-state index contributed by atoms with van der Waals surface area (Å²) in [6.45, 7) is 2.50. The van der Waals surface area contributed by atoms with Gasteiger partial charge in [0.1, 0.15) is 5.82 Å². The molecule has 1 N–H and O–H groups in total. The van der Waals surface area contributed by atoms with Crippen molar-refractivity contribution in [2.75, 3.05) is 13.2 Å². The second-order valence-electron chi connectivity index (χ2n) is 7.84. The second kappa shape index (κ2) is 9.68. The van der Waals surface area contributed by atoms with Gasteiger partial charge in [-0.1, -0.05) is 29.8 Å². The molecule has 1 fully saturated rings. The molecule has 3 aromatic rings. The van der Waals surface area contributed by atoms with E-state index >= 15 is 0 Å². The molecule has 33 heavy (non-hydrogen) atoms. The number of rotatable bonds is 6. The molecule has 4 rings (SSSR count). The molecule has 1 aromatic heterocycles. The molecule has 0 aliphatic carbocycles. The maximum atomic E-state index is 13.3. The first-order valence-corrected chi connectivity index (χ1v) is 10.9. The summed E-state index contributed by atoms with van der Waals surface area (Å²) in [6.07, 6.45) is 1.59. The van der Waals surface area contributed by atoms with Crippen LogP contribution in [-0.2, 0) is 11.3 Å². The van der Waals surface area contributed by atoms with Gasteiger partial charge in [0.25, 0.3) is 11.5 Å². The van der Waals surface area contributed by atoms with Crippen molar-refractivity contribution >= 4 is 17.5 Å². The first kappa shape index (κ1) is 22.9. The summed E-state index contributed by atoms with van der Waals surface area (Å²) in [6, 6.07) is 10.3. The fraction of sp³-hybridized carbons (Fsp3) is 0.304. The van der Waals surface area contributed by atoms with E-state index in [4.69, 9.17) is 16.3 Å². The normalized spacial score (nSPS) is 15.5. The molecule has 0 saturated carbocycles. The average Bonchev–Trinajstić information content (AvgIpc) is 3.32. The summed E-state index contributed by atoms with van der Waals surface area (Å²) in [4.78, 5) is 39.1. The predicted molar refractivity (Wildman–Crippen MR) is 121 cm³/mol. The fourth-order valence-electron chi connectivity index (χ4n) is 3.55. The Bertz CT molecular complexity index is 1300. The van der Waals surface area contributed by atoms with Crippen LogP contribution in [0.5, 0.6) is 0 Å². The summed E-state index contributed by atoms with van der Waals surface area (Å²) in [5.74, 6) is -1.16. The number of nitrogens with one attached hydrogen (secondary N) is 1. The molecule has 10 heteroatoms. The van der Waals surface area contributed by atoms with E-state index in [1.165, 1.54) is 30.3 Å². The van der Waals surface area contributed by atoms with E-state index in [9.17, 15) is 18.8 Å². The average molecular weight is 473 g/mol. The van der Waals surface area contributed by atoms with Crippen LogP contribution in [0.15, 0.2) is 52.1 Å². The van der Waals surface area contributed by atoms with Crippen LogP contribution in [0.4, 0.5) is 4.39 Å². The molecular formula is C23H22ClFN4O4. The first-order chi connectivity index (χ1) is 15.8. The summed E-state index contributed by atoms with van der Waals surface area (Å²) in [5.41, 5.74) is -0.421. The highest BCUT2D eigenvalue weighted by atomic mass is 35.5. The molecule has 8 nitrogen and oxygen atoms in total. The Labute approximate surface area is 193 Å². The van der Waals surface area contributed by atoms with E-state index in [0.717, 1.165) is 27.7 Å². The molecule has 1 aliphatic rings. The van der Waals surface area contributed by atoms with Gasteiger partial charge in [-0.15, -0.1) is 0 Å². The van der Waals surface area contributed by atoms with Crippen molar-refractivity contribution in [1.29, 1.82) is 0 Å². The molecule has 2 heterocycles. The molecule has 0 bridgehead atoms. The number of carbonyl (C=O) groups excluding carboxylic acids is 1. The lowest BCUT2D eigenvalue weighted by Crippen LogP contribution is -2.46. The fourth-order valence-corrected chi connectivity index (χ4v) is 3.72. The number of carbonyl (C=O) groups is 1. The molecule has 1 saturated heterocycles. The Morgan fingerprint density at radius 1 is 1.24 bits per heavy atom. The van der Waals surface area contributed by atoms with Crippen LogP contribution < -0.4 is 16.6 Å². The summed E-state index contributed by atoms with van der Waals surface area (Å²) in [5, 5.41) is 7.15. The van der Waals surface area contributed by atoms with Gasteiger partial charge in [0, 0.05) is 18.2 Å². The Morgan fingerprint density at radius 2 is 2.00 bits per heavy atom. The van der Waals surface area contributed by atoms with Gasteiger partial charge in [-0.3, -0.25) is 14.2 Å². The topological polar surface area (TPSA) is 95.2 Å². The predicted octanol–water partition coefficient (Wildman–Crippen LogP) is 2.45. The summed E-state index contributed by atoms with van der Waals surface area (Å²) in [7, 11) is 0. The molecule has 0 spiro atoms. The number of ether oxygens (including phenoxy) is 1. The molecule has 0 radical (unpaired) electrons. The lowest BCUT2D eigenvalue weighted by Gasteiger charge is -2.14. The van der Waals surface area contributed by atoms with Gasteiger partial charge in [-0.2, -0.15) is 9.78 Å². The highest BCUT2D eigenvalue weighted by Crippen LogP contribution is 2.18. The number of benzene rings is 2. The smallest absolute Gasteiger partial charge is 0.352 e. The summed E-state index contributed by atoms with van der Waals surface area (Å²) >= 11 is 6.22. The number of hydrogen-bond donors (Lipinski definition) is 1. The molecular weight excluding hydrogens is 451 g/mol. The number of halogens is 2. The highest BCUT2D eigenvalue weighted by molar-refractivity contribution is 6.31. The lowest BCUT2D eigenvalue weighted by molar-refractivity contribution is 0.0849. The lowest BCUT2D eigenvalue weighted by atomic mass is 10.2. The second-order valence-corrected chi connectivity index (χ2v) is 8.25. The minimum atomic E-state index is -0.844. The van der Waals surface area contributed by atoms with Gasteiger partial charge in [0.2, 0.25) is 5.69 Å². The van der Waals surface area contributed by atoms with Crippen LogP contribution in [0.1, 0.15) is 34.5 Å².